The molecule has 1 aromatic rings. The summed E-state index contributed by atoms with van der Waals surface area (Å²) in [7, 11) is 0. The Bertz CT molecular complexity index is 468. The van der Waals surface area contributed by atoms with Crippen LogP contribution in [0.25, 0.3) is 5.70 Å². The molecular weight excluding hydrogens is 329 g/mol. The molecule has 3 nitrogen and oxygen atoms in total. The maximum absolute atomic E-state index is 11.5. The van der Waals surface area contributed by atoms with E-state index in [-0.39, 0.29) is 5.97 Å². The van der Waals surface area contributed by atoms with Crippen LogP contribution in [0.1, 0.15) is 18.1 Å². The monoisotopic (exact) mass is 343 g/mol. The molecule has 0 radical (unpaired) electrons. The third-order valence-corrected chi connectivity index (χ3v) is 3.66. The van der Waals surface area contributed by atoms with Crippen LogP contribution in [0.5, 0.6) is 0 Å². The first-order valence-corrected chi connectivity index (χ1v) is 6.70. The number of esters is 1. The van der Waals surface area contributed by atoms with Gasteiger partial charge in [0.1, 0.15) is 0 Å². The van der Waals surface area contributed by atoms with Gasteiger partial charge in [0.05, 0.1) is 6.61 Å². The summed E-state index contributed by atoms with van der Waals surface area (Å²) in [5.74, 6) is -0.290. The van der Waals surface area contributed by atoms with E-state index < -0.39 is 0 Å². The zero-order chi connectivity index (χ0) is 12.3. The van der Waals surface area contributed by atoms with Crippen molar-refractivity contribution in [3.05, 3.63) is 39.0 Å². The molecule has 0 amide bonds. The molecule has 0 aliphatic carbocycles. The Kier molecular flexibility index (Phi) is 4.04. The molecule has 0 fully saturated rings. The van der Waals surface area contributed by atoms with Crippen molar-refractivity contribution in [2.75, 3.05) is 13.2 Å². The van der Waals surface area contributed by atoms with Gasteiger partial charge in [-0.3, -0.25) is 0 Å². The molecule has 17 heavy (non-hydrogen) atoms. The van der Waals surface area contributed by atoms with E-state index >= 15 is 0 Å². The van der Waals surface area contributed by atoms with Crippen molar-refractivity contribution in [2.45, 2.75) is 13.3 Å². The van der Waals surface area contributed by atoms with Crippen molar-refractivity contribution in [3.63, 3.8) is 0 Å². The van der Waals surface area contributed by atoms with Crippen LogP contribution in [-0.4, -0.2) is 19.1 Å². The van der Waals surface area contributed by atoms with Gasteiger partial charge in [-0.05, 0) is 47.6 Å². The number of fused-ring (bicyclic) bond motifs is 1. The summed E-state index contributed by atoms with van der Waals surface area (Å²) in [6, 6.07) is 6.13. The highest BCUT2D eigenvalue weighted by atomic mass is 127. The lowest BCUT2D eigenvalue weighted by Crippen LogP contribution is -2.24. The van der Waals surface area contributed by atoms with E-state index in [1.165, 1.54) is 15.2 Å². The first-order valence-electron chi connectivity index (χ1n) is 5.62. The fourth-order valence-electron chi connectivity index (χ4n) is 1.91. The number of benzene rings is 1. The van der Waals surface area contributed by atoms with Crippen molar-refractivity contribution in [3.8, 4) is 0 Å². The summed E-state index contributed by atoms with van der Waals surface area (Å²) in [6.45, 7) is 3.07. The van der Waals surface area contributed by atoms with Crippen LogP contribution in [0.2, 0.25) is 0 Å². The molecule has 1 N–H and O–H groups in total. The molecule has 1 heterocycles. The standard InChI is InChI=1S/C13H14INO2/c1-2-17-13(16)8-12-10-4-3-5-11(14)9(10)6-7-15-12/h3-5,8,15H,2,6-7H2,1H3/b12-8-. The minimum atomic E-state index is -0.290. The molecular formula is C13H14INO2. The Morgan fingerprint density at radius 2 is 2.41 bits per heavy atom. The Morgan fingerprint density at radius 3 is 3.18 bits per heavy atom. The summed E-state index contributed by atoms with van der Waals surface area (Å²) in [5.41, 5.74) is 3.28. The molecule has 0 spiro atoms. The van der Waals surface area contributed by atoms with Gasteiger partial charge in [0.25, 0.3) is 0 Å². The zero-order valence-electron chi connectivity index (χ0n) is 9.63. The van der Waals surface area contributed by atoms with Gasteiger partial charge < -0.3 is 10.1 Å². The first kappa shape index (κ1) is 12.4. The molecule has 90 valence electrons. The van der Waals surface area contributed by atoms with E-state index in [9.17, 15) is 4.79 Å². The molecule has 4 heteroatoms. The molecule has 1 aliphatic rings. The average molecular weight is 343 g/mol. The topological polar surface area (TPSA) is 38.3 Å². The summed E-state index contributed by atoms with van der Waals surface area (Å²) in [5, 5.41) is 3.25. The Balaban J connectivity index is 2.35. The second kappa shape index (κ2) is 5.53. The maximum atomic E-state index is 11.5. The van der Waals surface area contributed by atoms with Crippen LogP contribution in [0.4, 0.5) is 0 Å². The van der Waals surface area contributed by atoms with Crippen LogP contribution in [0, 0.1) is 3.57 Å². The number of halogens is 1. The fourth-order valence-corrected chi connectivity index (χ4v) is 2.68. The summed E-state index contributed by atoms with van der Waals surface area (Å²) in [6.07, 6.45) is 2.53. The largest absolute Gasteiger partial charge is 0.463 e. The summed E-state index contributed by atoms with van der Waals surface area (Å²) in [4.78, 5) is 11.5. The number of hydrogen-bond donors (Lipinski definition) is 1. The van der Waals surface area contributed by atoms with Gasteiger partial charge in [-0.2, -0.15) is 0 Å². The highest BCUT2D eigenvalue weighted by Crippen LogP contribution is 2.26. The molecule has 0 bridgehead atoms. The van der Waals surface area contributed by atoms with Gasteiger partial charge in [-0.1, -0.05) is 12.1 Å². The maximum Gasteiger partial charge on any atom is 0.332 e. The molecule has 1 aromatic carbocycles. The summed E-state index contributed by atoms with van der Waals surface area (Å²) >= 11 is 2.33. The SMILES string of the molecule is CCOC(=O)/C=C1\NCCc2c(I)cccc21. The minimum absolute atomic E-state index is 0.290. The number of carbonyl (C=O) groups excluding carboxylic acids is 1. The number of rotatable bonds is 2. The minimum Gasteiger partial charge on any atom is -0.463 e. The smallest absolute Gasteiger partial charge is 0.332 e. The summed E-state index contributed by atoms with van der Waals surface area (Å²) < 4.78 is 6.18. The zero-order valence-corrected chi connectivity index (χ0v) is 11.8. The second-order valence-electron chi connectivity index (χ2n) is 3.75. The van der Waals surface area contributed by atoms with Gasteiger partial charge in [-0.25, -0.2) is 4.79 Å². The third-order valence-electron chi connectivity index (χ3n) is 2.65. The van der Waals surface area contributed by atoms with Gasteiger partial charge >= 0.3 is 5.97 Å². The van der Waals surface area contributed by atoms with E-state index in [0.717, 1.165) is 24.2 Å². The van der Waals surface area contributed by atoms with E-state index in [4.69, 9.17) is 4.74 Å². The van der Waals surface area contributed by atoms with Gasteiger partial charge in [-0.15, -0.1) is 0 Å². The molecule has 0 atom stereocenters. The predicted molar refractivity (Wildman–Crippen MR) is 75.5 cm³/mol. The molecule has 2 rings (SSSR count). The van der Waals surface area contributed by atoms with Crippen LogP contribution >= 0.6 is 22.6 Å². The van der Waals surface area contributed by atoms with Crippen LogP contribution in [-0.2, 0) is 16.0 Å². The number of nitrogens with one attached hydrogen (secondary N) is 1. The number of ether oxygens (including phenoxy) is 1. The van der Waals surface area contributed by atoms with E-state index in [0.29, 0.717) is 6.61 Å². The van der Waals surface area contributed by atoms with Crippen molar-refractivity contribution < 1.29 is 9.53 Å². The Hall–Kier alpha value is -1.04. The molecule has 0 unspecified atom stereocenters. The quantitative estimate of drug-likeness (QED) is 0.509. The van der Waals surface area contributed by atoms with E-state index in [1.54, 1.807) is 0 Å². The predicted octanol–water partition coefficient (Wildman–Crippen LogP) is 2.34. The molecule has 1 aliphatic heterocycles. The molecule has 0 aromatic heterocycles. The number of hydrogen-bond acceptors (Lipinski definition) is 3. The average Bonchev–Trinajstić information content (AvgIpc) is 2.31. The lowest BCUT2D eigenvalue weighted by Gasteiger charge is -2.21. The number of carbonyl (C=O) groups is 1. The van der Waals surface area contributed by atoms with Crippen molar-refractivity contribution >= 4 is 34.3 Å². The van der Waals surface area contributed by atoms with Crippen LogP contribution in [0.15, 0.2) is 24.3 Å². The molecule has 0 saturated carbocycles. The van der Waals surface area contributed by atoms with Crippen molar-refractivity contribution in [2.24, 2.45) is 0 Å². The highest BCUT2D eigenvalue weighted by Gasteiger charge is 2.16. The van der Waals surface area contributed by atoms with Crippen molar-refractivity contribution in [1.82, 2.24) is 5.32 Å². The van der Waals surface area contributed by atoms with Crippen molar-refractivity contribution in [1.29, 1.82) is 0 Å². The third kappa shape index (κ3) is 2.80. The Labute approximate surface area is 114 Å². The molecule has 0 saturated heterocycles. The Morgan fingerprint density at radius 1 is 1.59 bits per heavy atom. The van der Waals surface area contributed by atoms with E-state index in [1.807, 2.05) is 19.1 Å². The fraction of sp³-hybridized carbons (Fsp3) is 0.308. The van der Waals surface area contributed by atoms with Crippen LogP contribution in [0.3, 0.4) is 0 Å². The van der Waals surface area contributed by atoms with E-state index in [2.05, 4.69) is 34.0 Å². The van der Waals surface area contributed by atoms with Gasteiger partial charge in [0, 0.05) is 27.5 Å². The normalized spacial score (nSPS) is 16.2. The highest BCUT2D eigenvalue weighted by molar-refractivity contribution is 14.1. The van der Waals surface area contributed by atoms with Gasteiger partial charge in [0.15, 0.2) is 0 Å². The van der Waals surface area contributed by atoms with Crippen LogP contribution < -0.4 is 5.32 Å². The second-order valence-corrected chi connectivity index (χ2v) is 4.91. The lowest BCUT2D eigenvalue weighted by molar-refractivity contribution is -0.137. The lowest BCUT2D eigenvalue weighted by atomic mass is 9.98. The first-order chi connectivity index (χ1) is 8.22. The van der Waals surface area contributed by atoms with Gasteiger partial charge in [0.2, 0.25) is 0 Å².